The molecule has 1 unspecified atom stereocenters. The third-order valence-electron chi connectivity index (χ3n) is 1.42. The van der Waals surface area contributed by atoms with E-state index in [-0.39, 0.29) is 24.9 Å². The van der Waals surface area contributed by atoms with Crippen molar-refractivity contribution in [2.45, 2.75) is 26.3 Å². The maximum absolute atomic E-state index is 11.0. The highest BCUT2D eigenvalue weighted by Crippen LogP contribution is 1.89. The first-order valence-electron chi connectivity index (χ1n) is 4.28. The average Bonchev–Trinajstić information content (AvgIpc) is 1.98. The van der Waals surface area contributed by atoms with Crippen LogP contribution >= 0.6 is 0 Å². The highest BCUT2D eigenvalue weighted by atomic mass is 16.4. The van der Waals surface area contributed by atoms with Crippen molar-refractivity contribution in [1.29, 1.82) is 0 Å². The van der Waals surface area contributed by atoms with Gasteiger partial charge in [0.25, 0.3) is 0 Å². The van der Waals surface area contributed by atoms with Gasteiger partial charge >= 0.3 is 5.97 Å². The normalized spacial score (nSPS) is 12.2. The number of carbonyl (C=O) groups excluding carboxylic acids is 1. The monoisotopic (exact) mass is 188 g/mol. The number of carboxylic acids is 1. The number of hydrogen-bond acceptors (Lipinski definition) is 3. The van der Waals surface area contributed by atoms with Crippen LogP contribution in [0, 0.1) is 0 Å². The van der Waals surface area contributed by atoms with E-state index >= 15 is 0 Å². The summed E-state index contributed by atoms with van der Waals surface area (Å²) in [5.74, 6) is -1.08. The Balaban J connectivity index is 3.59. The Labute approximate surface area is 77.5 Å². The van der Waals surface area contributed by atoms with Gasteiger partial charge in [-0.3, -0.25) is 9.59 Å². The van der Waals surface area contributed by atoms with Crippen LogP contribution < -0.4 is 10.6 Å². The Morgan fingerprint density at radius 1 is 1.46 bits per heavy atom. The van der Waals surface area contributed by atoms with Crippen molar-refractivity contribution in [2.75, 3.05) is 13.1 Å². The molecule has 0 aromatic rings. The number of nitrogens with one attached hydrogen (secondary N) is 2. The van der Waals surface area contributed by atoms with E-state index in [4.69, 9.17) is 5.11 Å². The number of hydrogen-bond donors (Lipinski definition) is 3. The van der Waals surface area contributed by atoms with Gasteiger partial charge < -0.3 is 15.7 Å². The fourth-order valence-corrected chi connectivity index (χ4v) is 0.877. The minimum atomic E-state index is -0.906. The van der Waals surface area contributed by atoms with Crippen LogP contribution in [0.3, 0.4) is 0 Å². The molecule has 0 aromatic carbocycles. The first-order chi connectivity index (χ1) is 6.06. The Morgan fingerprint density at radius 2 is 2.08 bits per heavy atom. The molecular weight excluding hydrogens is 172 g/mol. The molecule has 0 heterocycles. The van der Waals surface area contributed by atoms with Gasteiger partial charge in [-0.05, 0) is 13.5 Å². The van der Waals surface area contributed by atoms with Crippen LogP contribution in [0.4, 0.5) is 0 Å². The van der Waals surface area contributed by atoms with Gasteiger partial charge in [0.1, 0.15) is 0 Å². The molecule has 1 amide bonds. The molecule has 0 saturated heterocycles. The molecule has 0 aliphatic rings. The molecule has 0 aromatic heterocycles. The molecule has 76 valence electrons. The van der Waals surface area contributed by atoms with Crippen LogP contribution in [0.15, 0.2) is 0 Å². The number of amides is 1. The molecule has 0 bridgehead atoms. The maximum Gasteiger partial charge on any atom is 0.305 e. The number of carboxylic acid groups (broad SMARTS) is 1. The lowest BCUT2D eigenvalue weighted by Gasteiger charge is -2.11. The number of likely N-dealkylation sites (N-methyl/N-ethyl adjacent to an activating group) is 1. The van der Waals surface area contributed by atoms with Crippen molar-refractivity contribution in [3.63, 3.8) is 0 Å². The van der Waals surface area contributed by atoms with Crippen molar-refractivity contribution in [1.82, 2.24) is 10.6 Å². The summed E-state index contributed by atoms with van der Waals surface area (Å²) in [5.41, 5.74) is 0. The minimum Gasteiger partial charge on any atom is -0.481 e. The summed E-state index contributed by atoms with van der Waals surface area (Å²) in [6.07, 6.45) is -0.0438. The Bertz CT molecular complexity index is 182. The maximum atomic E-state index is 11.0. The Kier molecular flexibility index (Phi) is 5.88. The average molecular weight is 188 g/mol. The molecule has 0 saturated carbocycles. The summed E-state index contributed by atoms with van der Waals surface area (Å²) in [6, 6.07) is -0.316. The summed E-state index contributed by atoms with van der Waals surface area (Å²) >= 11 is 0. The quantitative estimate of drug-likeness (QED) is 0.529. The van der Waals surface area contributed by atoms with Gasteiger partial charge in [0.2, 0.25) is 5.91 Å². The van der Waals surface area contributed by atoms with E-state index in [9.17, 15) is 9.59 Å². The van der Waals surface area contributed by atoms with Crippen molar-refractivity contribution in [3.8, 4) is 0 Å². The zero-order valence-electron chi connectivity index (χ0n) is 7.96. The van der Waals surface area contributed by atoms with Crippen LogP contribution in [0.1, 0.15) is 20.3 Å². The second-order valence-electron chi connectivity index (χ2n) is 2.85. The van der Waals surface area contributed by atoms with E-state index in [1.54, 1.807) is 6.92 Å². The molecule has 0 aliphatic heterocycles. The third-order valence-corrected chi connectivity index (χ3v) is 1.42. The number of carbonyl (C=O) groups is 2. The highest BCUT2D eigenvalue weighted by Gasteiger charge is 2.09. The molecule has 0 spiro atoms. The van der Waals surface area contributed by atoms with Gasteiger partial charge in [0, 0.05) is 6.04 Å². The second-order valence-corrected chi connectivity index (χ2v) is 2.85. The minimum absolute atomic E-state index is 0.0438. The second kappa shape index (κ2) is 6.42. The smallest absolute Gasteiger partial charge is 0.305 e. The molecule has 1 atom stereocenters. The van der Waals surface area contributed by atoms with Crippen LogP contribution in [0.25, 0.3) is 0 Å². The summed E-state index contributed by atoms with van der Waals surface area (Å²) in [4.78, 5) is 21.3. The fourth-order valence-electron chi connectivity index (χ4n) is 0.877. The molecule has 13 heavy (non-hydrogen) atoms. The largest absolute Gasteiger partial charge is 0.481 e. The van der Waals surface area contributed by atoms with E-state index in [0.717, 1.165) is 6.54 Å². The molecule has 0 rings (SSSR count). The summed E-state index contributed by atoms with van der Waals surface area (Å²) in [5, 5.41) is 13.8. The Hall–Kier alpha value is -1.10. The van der Waals surface area contributed by atoms with E-state index in [1.807, 2.05) is 6.92 Å². The zero-order chi connectivity index (χ0) is 10.3. The van der Waals surface area contributed by atoms with Crippen LogP contribution in [0.5, 0.6) is 0 Å². The number of rotatable bonds is 6. The lowest BCUT2D eigenvalue weighted by atomic mass is 10.2. The van der Waals surface area contributed by atoms with E-state index in [0.29, 0.717) is 0 Å². The van der Waals surface area contributed by atoms with Crippen molar-refractivity contribution in [2.24, 2.45) is 0 Å². The summed E-state index contributed by atoms with van der Waals surface area (Å²) < 4.78 is 0. The first kappa shape index (κ1) is 11.9. The molecule has 0 radical (unpaired) electrons. The molecule has 0 fully saturated rings. The topological polar surface area (TPSA) is 78.4 Å². The van der Waals surface area contributed by atoms with E-state index in [2.05, 4.69) is 10.6 Å². The van der Waals surface area contributed by atoms with E-state index < -0.39 is 5.97 Å². The van der Waals surface area contributed by atoms with Gasteiger partial charge in [-0.15, -0.1) is 0 Å². The van der Waals surface area contributed by atoms with Crippen LogP contribution in [-0.2, 0) is 9.59 Å². The standard InChI is InChI=1S/C8H16N2O3/c1-3-9-5-7(11)10-6(2)4-8(12)13/h6,9H,3-5H2,1-2H3,(H,10,11)(H,12,13). The van der Waals surface area contributed by atoms with Crippen molar-refractivity contribution < 1.29 is 14.7 Å². The van der Waals surface area contributed by atoms with E-state index in [1.165, 1.54) is 0 Å². The number of aliphatic carboxylic acids is 1. The lowest BCUT2D eigenvalue weighted by Crippen LogP contribution is -2.39. The van der Waals surface area contributed by atoms with Gasteiger partial charge in [0.15, 0.2) is 0 Å². The molecular formula is C8H16N2O3. The molecule has 5 nitrogen and oxygen atoms in total. The first-order valence-corrected chi connectivity index (χ1v) is 4.28. The van der Waals surface area contributed by atoms with Gasteiger partial charge in [-0.25, -0.2) is 0 Å². The molecule has 0 aliphatic carbocycles. The summed E-state index contributed by atoms with van der Waals surface area (Å²) in [7, 11) is 0. The predicted molar refractivity (Wildman–Crippen MR) is 48.4 cm³/mol. The zero-order valence-corrected chi connectivity index (χ0v) is 7.96. The van der Waals surface area contributed by atoms with Gasteiger partial charge in [-0.2, -0.15) is 0 Å². The third kappa shape index (κ3) is 7.27. The molecule has 3 N–H and O–H groups in total. The molecule has 5 heteroatoms. The van der Waals surface area contributed by atoms with Crippen molar-refractivity contribution in [3.05, 3.63) is 0 Å². The summed E-state index contributed by atoms with van der Waals surface area (Å²) in [6.45, 7) is 4.52. The van der Waals surface area contributed by atoms with Gasteiger partial charge in [0.05, 0.1) is 13.0 Å². The SMILES string of the molecule is CCNCC(=O)NC(C)CC(=O)O. The van der Waals surface area contributed by atoms with Crippen molar-refractivity contribution >= 4 is 11.9 Å². The fraction of sp³-hybridized carbons (Fsp3) is 0.750. The van der Waals surface area contributed by atoms with Crippen LogP contribution in [-0.4, -0.2) is 36.1 Å². The highest BCUT2D eigenvalue weighted by molar-refractivity contribution is 5.79. The Morgan fingerprint density at radius 3 is 2.54 bits per heavy atom. The predicted octanol–water partition coefficient (Wildman–Crippen LogP) is -0.425. The van der Waals surface area contributed by atoms with Gasteiger partial charge in [-0.1, -0.05) is 6.92 Å². The lowest BCUT2D eigenvalue weighted by molar-refractivity contribution is -0.137. The van der Waals surface area contributed by atoms with Crippen LogP contribution in [0.2, 0.25) is 0 Å².